The Balaban J connectivity index is 2.11. The molecule has 0 unspecified atom stereocenters. The highest BCUT2D eigenvalue weighted by Crippen LogP contribution is 2.23. The first-order chi connectivity index (χ1) is 9.04. The van der Waals surface area contributed by atoms with Crippen LogP contribution in [0.15, 0.2) is 34.2 Å². The predicted octanol–water partition coefficient (Wildman–Crippen LogP) is 0.936. The number of aryl methyl sites for hydroxylation is 1. The minimum Gasteiger partial charge on any atom is -0.504 e. The number of rotatable bonds is 3. The van der Waals surface area contributed by atoms with Gasteiger partial charge in [0.05, 0.1) is 6.21 Å². The molecule has 7 nitrogen and oxygen atoms in total. The average molecular weight is 260 g/mol. The topological polar surface area (TPSA) is 111 Å². The molecule has 0 fully saturated rings. The molecule has 4 N–H and O–H groups in total. The van der Waals surface area contributed by atoms with Crippen LogP contribution in [0.5, 0.6) is 11.5 Å². The summed E-state index contributed by atoms with van der Waals surface area (Å²) in [5, 5.41) is 22.3. The Bertz CT molecular complexity index is 679. The summed E-state index contributed by atoms with van der Waals surface area (Å²) in [6, 6.07) is 5.65. The van der Waals surface area contributed by atoms with Gasteiger partial charge in [0, 0.05) is 11.8 Å². The number of hydrogen-bond donors (Lipinski definition) is 4. The first-order valence-corrected chi connectivity index (χ1v) is 5.43. The van der Waals surface area contributed by atoms with Gasteiger partial charge in [-0.3, -0.25) is 9.78 Å². The van der Waals surface area contributed by atoms with E-state index in [0.717, 1.165) is 0 Å². The van der Waals surface area contributed by atoms with Crippen LogP contribution in [-0.2, 0) is 0 Å². The normalized spacial score (nSPS) is 10.8. The summed E-state index contributed by atoms with van der Waals surface area (Å²) in [4.78, 5) is 17.7. The molecule has 0 aliphatic carbocycles. The number of phenols is 2. The quantitative estimate of drug-likeness (QED) is 0.373. The number of hydrogen-bond acceptors (Lipinski definition) is 6. The smallest absolute Gasteiger partial charge is 0.252 e. The molecule has 2 aromatic rings. The van der Waals surface area contributed by atoms with Crippen LogP contribution in [0.1, 0.15) is 11.3 Å². The van der Waals surface area contributed by atoms with Gasteiger partial charge in [-0.15, -0.1) is 0 Å². The van der Waals surface area contributed by atoms with Gasteiger partial charge in [-0.1, -0.05) is 0 Å². The maximum atomic E-state index is 11.2. The standard InChI is InChI=1S/C12H12N4O3/c1-7-4-11(19)15-12(14-7)16-13-6-8-2-3-9(17)10(18)5-8/h2-6,17-18H,1H3,(H2,14,15,16,19)/b13-6-. The van der Waals surface area contributed by atoms with E-state index in [4.69, 9.17) is 5.11 Å². The minimum absolute atomic E-state index is 0.199. The van der Waals surface area contributed by atoms with Crippen LogP contribution in [0.3, 0.4) is 0 Å². The second-order valence-corrected chi connectivity index (χ2v) is 3.85. The van der Waals surface area contributed by atoms with Crippen LogP contribution in [-0.4, -0.2) is 26.4 Å². The van der Waals surface area contributed by atoms with Gasteiger partial charge >= 0.3 is 0 Å². The van der Waals surface area contributed by atoms with Gasteiger partial charge in [0.25, 0.3) is 5.56 Å². The first kappa shape index (κ1) is 12.6. The summed E-state index contributed by atoms with van der Waals surface area (Å²) in [6.07, 6.45) is 1.42. The summed E-state index contributed by atoms with van der Waals surface area (Å²) in [5.41, 5.74) is 3.45. The Morgan fingerprint density at radius 2 is 2.11 bits per heavy atom. The lowest BCUT2D eigenvalue weighted by Crippen LogP contribution is -2.10. The number of nitrogens with zero attached hydrogens (tertiary/aromatic N) is 2. The van der Waals surface area contributed by atoms with Crippen molar-refractivity contribution >= 4 is 12.2 Å². The fourth-order valence-corrected chi connectivity index (χ4v) is 1.42. The number of aromatic nitrogens is 2. The molecule has 0 amide bonds. The van der Waals surface area contributed by atoms with E-state index < -0.39 is 0 Å². The Kier molecular flexibility index (Phi) is 3.46. The summed E-state index contributed by atoms with van der Waals surface area (Å²) in [5.74, 6) is -0.204. The van der Waals surface area contributed by atoms with Gasteiger partial charge in [0.2, 0.25) is 5.95 Å². The lowest BCUT2D eigenvalue weighted by Gasteiger charge is -2.00. The van der Waals surface area contributed by atoms with Crippen molar-refractivity contribution in [2.45, 2.75) is 6.92 Å². The third-order valence-corrected chi connectivity index (χ3v) is 2.25. The van der Waals surface area contributed by atoms with E-state index in [0.29, 0.717) is 11.3 Å². The number of nitrogens with one attached hydrogen (secondary N) is 2. The third kappa shape index (κ3) is 3.32. The molecule has 1 aromatic heterocycles. The maximum absolute atomic E-state index is 11.2. The third-order valence-electron chi connectivity index (χ3n) is 2.25. The van der Waals surface area contributed by atoms with E-state index in [2.05, 4.69) is 20.5 Å². The van der Waals surface area contributed by atoms with Gasteiger partial charge in [0.15, 0.2) is 11.5 Å². The predicted molar refractivity (Wildman–Crippen MR) is 70.6 cm³/mol. The van der Waals surface area contributed by atoms with Crippen LogP contribution in [0.2, 0.25) is 0 Å². The first-order valence-electron chi connectivity index (χ1n) is 5.43. The maximum Gasteiger partial charge on any atom is 0.252 e. The number of anilines is 1. The zero-order valence-corrected chi connectivity index (χ0v) is 10.1. The average Bonchev–Trinajstić information content (AvgIpc) is 2.32. The summed E-state index contributed by atoms with van der Waals surface area (Å²) in [7, 11) is 0. The van der Waals surface area contributed by atoms with Crippen molar-refractivity contribution in [1.82, 2.24) is 9.97 Å². The van der Waals surface area contributed by atoms with E-state index in [1.54, 1.807) is 13.0 Å². The molecule has 0 atom stereocenters. The van der Waals surface area contributed by atoms with Crippen molar-refractivity contribution in [2.24, 2.45) is 5.10 Å². The monoisotopic (exact) mass is 260 g/mol. The molecule has 98 valence electrons. The molecular weight excluding hydrogens is 248 g/mol. The highest BCUT2D eigenvalue weighted by molar-refractivity contribution is 5.81. The minimum atomic E-state index is -0.271. The van der Waals surface area contributed by atoms with E-state index >= 15 is 0 Å². The Morgan fingerprint density at radius 1 is 1.32 bits per heavy atom. The summed E-state index contributed by atoms with van der Waals surface area (Å²) in [6.45, 7) is 1.70. The molecule has 1 aromatic carbocycles. The highest BCUT2D eigenvalue weighted by Gasteiger charge is 1.99. The molecule has 19 heavy (non-hydrogen) atoms. The number of phenolic OH excluding ortho intramolecular Hbond substituents is 2. The fraction of sp³-hybridized carbons (Fsp3) is 0.0833. The molecule has 0 aliphatic heterocycles. The van der Waals surface area contributed by atoms with E-state index in [1.165, 1.54) is 24.4 Å². The number of H-pyrrole nitrogens is 1. The molecule has 0 spiro atoms. The lowest BCUT2D eigenvalue weighted by atomic mass is 10.2. The molecule has 2 rings (SSSR count). The van der Waals surface area contributed by atoms with Crippen molar-refractivity contribution in [2.75, 3.05) is 5.43 Å². The van der Waals surface area contributed by atoms with Crippen molar-refractivity contribution < 1.29 is 10.2 Å². The number of aromatic amines is 1. The van der Waals surface area contributed by atoms with Crippen LogP contribution in [0.4, 0.5) is 5.95 Å². The van der Waals surface area contributed by atoms with E-state index in [-0.39, 0.29) is 23.0 Å². The van der Waals surface area contributed by atoms with Gasteiger partial charge in [-0.25, -0.2) is 10.4 Å². The summed E-state index contributed by atoms with van der Waals surface area (Å²) >= 11 is 0. The van der Waals surface area contributed by atoms with Crippen molar-refractivity contribution in [1.29, 1.82) is 0 Å². The van der Waals surface area contributed by atoms with Crippen LogP contribution < -0.4 is 11.0 Å². The van der Waals surface area contributed by atoms with Gasteiger partial charge < -0.3 is 10.2 Å². The van der Waals surface area contributed by atoms with Crippen molar-refractivity contribution in [3.05, 3.63) is 45.9 Å². The molecular formula is C12H12N4O3. The summed E-state index contributed by atoms with van der Waals surface area (Å²) < 4.78 is 0. The van der Waals surface area contributed by atoms with E-state index in [9.17, 15) is 9.90 Å². The van der Waals surface area contributed by atoms with Crippen molar-refractivity contribution in [3.63, 3.8) is 0 Å². The zero-order chi connectivity index (χ0) is 13.8. The zero-order valence-electron chi connectivity index (χ0n) is 10.1. The molecule has 0 aliphatic rings. The fourth-order valence-electron chi connectivity index (χ4n) is 1.42. The second kappa shape index (κ2) is 5.21. The number of benzene rings is 1. The molecule has 7 heteroatoms. The largest absolute Gasteiger partial charge is 0.504 e. The Hall–Kier alpha value is -2.83. The Morgan fingerprint density at radius 3 is 2.79 bits per heavy atom. The second-order valence-electron chi connectivity index (χ2n) is 3.85. The van der Waals surface area contributed by atoms with Crippen LogP contribution in [0, 0.1) is 6.92 Å². The molecule has 0 saturated carbocycles. The Labute approximate surface area is 108 Å². The van der Waals surface area contributed by atoms with Gasteiger partial charge in [0.1, 0.15) is 0 Å². The molecule has 0 bridgehead atoms. The lowest BCUT2D eigenvalue weighted by molar-refractivity contribution is 0.403. The van der Waals surface area contributed by atoms with Crippen LogP contribution >= 0.6 is 0 Å². The van der Waals surface area contributed by atoms with Crippen molar-refractivity contribution in [3.8, 4) is 11.5 Å². The highest BCUT2D eigenvalue weighted by atomic mass is 16.3. The molecule has 1 heterocycles. The number of aromatic hydroxyl groups is 2. The molecule has 0 saturated heterocycles. The molecule has 0 radical (unpaired) electrons. The van der Waals surface area contributed by atoms with E-state index in [1.807, 2.05) is 0 Å². The van der Waals surface area contributed by atoms with Gasteiger partial charge in [-0.05, 0) is 30.7 Å². The van der Waals surface area contributed by atoms with Gasteiger partial charge in [-0.2, -0.15) is 5.10 Å². The number of hydrazone groups is 1. The van der Waals surface area contributed by atoms with Crippen LogP contribution in [0.25, 0.3) is 0 Å². The SMILES string of the molecule is Cc1cc(=O)[nH]c(N/N=C\c2ccc(O)c(O)c2)n1.